The fourth-order valence-corrected chi connectivity index (χ4v) is 2.05. The van der Waals surface area contributed by atoms with Crippen molar-refractivity contribution in [2.75, 3.05) is 0 Å². The highest BCUT2D eigenvalue weighted by Crippen LogP contribution is 2.22. The molecule has 4 nitrogen and oxygen atoms in total. The van der Waals surface area contributed by atoms with Crippen LogP contribution in [0.25, 0.3) is 11.0 Å². The van der Waals surface area contributed by atoms with Gasteiger partial charge in [0, 0.05) is 10.9 Å². The zero-order chi connectivity index (χ0) is 13.9. The van der Waals surface area contributed by atoms with Gasteiger partial charge in [-0.1, -0.05) is 18.2 Å². The molecule has 0 saturated heterocycles. The average Bonchev–Trinajstić information content (AvgIpc) is 2.92. The smallest absolute Gasteiger partial charge is 0.336 e. The molecule has 0 spiro atoms. The number of carbonyl (C=O) groups is 1. The molecule has 4 heteroatoms. The molecule has 1 N–H and O–H groups in total. The molecule has 0 aliphatic rings. The van der Waals surface area contributed by atoms with Gasteiger partial charge >= 0.3 is 5.97 Å². The maximum atomic E-state index is 11.1. The molecule has 0 fully saturated rings. The summed E-state index contributed by atoms with van der Waals surface area (Å²) in [6, 6.07) is 14.2. The molecule has 3 aromatic rings. The summed E-state index contributed by atoms with van der Waals surface area (Å²) in [5, 5.41) is 10.1. The number of fused-ring (bicyclic) bond motifs is 1. The van der Waals surface area contributed by atoms with Crippen molar-refractivity contribution in [1.82, 2.24) is 0 Å². The molecular formula is C16H12O4. The van der Waals surface area contributed by atoms with Crippen molar-refractivity contribution < 1.29 is 19.1 Å². The lowest BCUT2D eigenvalue weighted by Crippen LogP contribution is -2.05. The lowest BCUT2D eigenvalue weighted by atomic mass is 10.1. The van der Waals surface area contributed by atoms with E-state index in [2.05, 4.69) is 0 Å². The van der Waals surface area contributed by atoms with Crippen molar-refractivity contribution in [1.29, 1.82) is 0 Å². The van der Waals surface area contributed by atoms with Gasteiger partial charge in [-0.2, -0.15) is 0 Å². The Morgan fingerprint density at radius 3 is 2.85 bits per heavy atom. The molecule has 0 bridgehead atoms. The third kappa shape index (κ3) is 2.36. The SMILES string of the molecule is O=C(O)c1ccccc1COc1ccc2occc2c1. The third-order valence-electron chi connectivity index (χ3n) is 3.07. The first-order valence-electron chi connectivity index (χ1n) is 6.15. The largest absolute Gasteiger partial charge is 0.489 e. The van der Waals surface area contributed by atoms with Crippen LogP contribution in [0.1, 0.15) is 15.9 Å². The Bertz CT molecular complexity index is 758. The molecule has 0 radical (unpaired) electrons. The van der Waals surface area contributed by atoms with Crippen LogP contribution in [0.3, 0.4) is 0 Å². The van der Waals surface area contributed by atoms with Crippen LogP contribution in [0.5, 0.6) is 5.75 Å². The molecule has 2 aromatic carbocycles. The fourth-order valence-electron chi connectivity index (χ4n) is 2.05. The first kappa shape index (κ1) is 12.3. The maximum absolute atomic E-state index is 11.1. The van der Waals surface area contributed by atoms with Crippen LogP contribution in [-0.2, 0) is 6.61 Å². The fraction of sp³-hybridized carbons (Fsp3) is 0.0625. The van der Waals surface area contributed by atoms with E-state index in [0.717, 1.165) is 11.0 Å². The van der Waals surface area contributed by atoms with Crippen molar-refractivity contribution in [2.45, 2.75) is 6.61 Å². The summed E-state index contributed by atoms with van der Waals surface area (Å²) >= 11 is 0. The normalized spacial score (nSPS) is 10.6. The van der Waals surface area contributed by atoms with E-state index >= 15 is 0 Å². The lowest BCUT2D eigenvalue weighted by Gasteiger charge is -2.08. The maximum Gasteiger partial charge on any atom is 0.336 e. The van der Waals surface area contributed by atoms with E-state index in [0.29, 0.717) is 11.3 Å². The number of hydrogen-bond acceptors (Lipinski definition) is 3. The molecule has 3 rings (SSSR count). The van der Waals surface area contributed by atoms with Gasteiger partial charge in [0.05, 0.1) is 11.8 Å². The van der Waals surface area contributed by atoms with Crippen molar-refractivity contribution in [3.63, 3.8) is 0 Å². The highest BCUT2D eigenvalue weighted by atomic mass is 16.5. The predicted molar refractivity (Wildman–Crippen MR) is 73.9 cm³/mol. The van der Waals surface area contributed by atoms with Crippen molar-refractivity contribution >= 4 is 16.9 Å². The second-order valence-electron chi connectivity index (χ2n) is 4.37. The zero-order valence-corrected chi connectivity index (χ0v) is 10.6. The molecule has 0 saturated carbocycles. The molecule has 20 heavy (non-hydrogen) atoms. The first-order chi connectivity index (χ1) is 9.74. The van der Waals surface area contributed by atoms with Crippen LogP contribution in [-0.4, -0.2) is 11.1 Å². The number of carboxylic acids is 1. The number of carboxylic acid groups (broad SMARTS) is 1. The van der Waals surface area contributed by atoms with Gasteiger partial charge in [0.2, 0.25) is 0 Å². The minimum Gasteiger partial charge on any atom is -0.489 e. The van der Waals surface area contributed by atoms with Gasteiger partial charge in [-0.15, -0.1) is 0 Å². The standard InChI is InChI=1S/C16H12O4/c17-16(18)14-4-2-1-3-12(14)10-20-13-5-6-15-11(9-13)7-8-19-15/h1-9H,10H2,(H,17,18). The van der Waals surface area contributed by atoms with Crippen LogP contribution in [0, 0.1) is 0 Å². The summed E-state index contributed by atoms with van der Waals surface area (Å²) in [5.74, 6) is -0.270. The van der Waals surface area contributed by atoms with E-state index in [1.807, 2.05) is 18.2 Å². The van der Waals surface area contributed by atoms with Crippen molar-refractivity contribution in [2.24, 2.45) is 0 Å². The van der Waals surface area contributed by atoms with Crippen molar-refractivity contribution in [3.05, 3.63) is 65.9 Å². The number of furan rings is 1. The van der Waals surface area contributed by atoms with Crippen molar-refractivity contribution in [3.8, 4) is 5.75 Å². The van der Waals surface area contributed by atoms with Crippen LogP contribution >= 0.6 is 0 Å². The van der Waals surface area contributed by atoms with Gasteiger partial charge in [0.1, 0.15) is 17.9 Å². The second kappa shape index (κ2) is 5.09. The summed E-state index contributed by atoms with van der Waals surface area (Å²) in [7, 11) is 0. The third-order valence-corrected chi connectivity index (χ3v) is 3.07. The minimum absolute atomic E-state index is 0.214. The highest BCUT2D eigenvalue weighted by Gasteiger charge is 2.09. The predicted octanol–water partition coefficient (Wildman–Crippen LogP) is 3.71. The minimum atomic E-state index is -0.950. The van der Waals surface area contributed by atoms with Gasteiger partial charge in [-0.25, -0.2) is 4.79 Å². The number of ether oxygens (including phenoxy) is 1. The monoisotopic (exact) mass is 268 g/mol. The summed E-state index contributed by atoms with van der Waals surface area (Å²) in [6.07, 6.45) is 1.62. The molecular weight excluding hydrogens is 256 g/mol. The van der Waals surface area contributed by atoms with E-state index in [4.69, 9.17) is 14.3 Å². The molecule has 0 atom stereocenters. The number of benzene rings is 2. The Kier molecular flexibility index (Phi) is 3.13. The quantitative estimate of drug-likeness (QED) is 0.783. The summed E-state index contributed by atoms with van der Waals surface area (Å²) < 4.78 is 10.9. The molecule has 0 aliphatic carbocycles. The van der Waals surface area contributed by atoms with E-state index in [1.165, 1.54) is 0 Å². The molecule has 0 unspecified atom stereocenters. The number of hydrogen-bond donors (Lipinski definition) is 1. The first-order valence-corrected chi connectivity index (χ1v) is 6.15. The second-order valence-corrected chi connectivity index (χ2v) is 4.37. The van der Waals surface area contributed by atoms with Gasteiger partial charge in [0.15, 0.2) is 0 Å². The zero-order valence-electron chi connectivity index (χ0n) is 10.6. The van der Waals surface area contributed by atoms with Gasteiger partial charge in [0.25, 0.3) is 0 Å². The van der Waals surface area contributed by atoms with Crippen LogP contribution < -0.4 is 4.74 Å². The molecule has 1 aromatic heterocycles. The van der Waals surface area contributed by atoms with Gasteiger partial charge in [-0.3, -0.25) is 0 Å². The van der Waals surface area contributed by atoms with E-state index in [-0.39, 0.29) is 12.2 Å². The highest BCUT2D eigenvalue weighted by molar-refractivity contribution is 5.89. The Hall–Kier alpha value is -2.75. The molecule has 0 aliphatic heterocycles. The molecule has 0 amide bonds. The lowest BCUT2D eigenvalue weighted by molar-refractivity contribution is 0.0694. The number of aromatic carboxylic acids is 1. The Morgan fingerprint density at radius 1 is 1.15 bits per heavy atom. The van der Waals surface area contributed by atoms with E-state index in [1.54, 1.807) is 36.6 Å². The van der Waals surface area contributed by atoms with E-state index < -0.39 is 5.97 Å². The topological polar surface area (TPSA) is 59.7 Å². The number of rotatable bonds is 4. The Labute approximate surface area is 115 Å². The summed E-state index contributed by atoms with van der Waals surface area (Å²) in [6.45, 7) is 0.214. The van der Waals surface area contributed by atoms with E-state index in [9.17, 15) is 4.79 Å². The van der Waals surface area contributed by atoms with Gasteiger partial charge < -0.3 is 14.3 Å². The average molecular weight is 268 g/mol. The summed E-state index contributed by atoms with van der Waals surface area (Å²) in [4.78, 5) is 11.1. The van der Waals surface area contributed by atoms with Crippen LogP contribution in [0.4, 0.5) is 0 Å². The molecule has 100 valence electrons. The summed E-state index contributed by atoms with van der Waals surface area (Å²) in [5.41, 5.74) is 1.70. The van der Waals surface area contributed by atoms with Crippen LogP contribution in [0.15, 0.2) is 59.2 Å². The Balaban J connectivity index is 1.80. The van der Waals surface area contributed by atoms with Gasteiger partial charge in [-0.05, 0) is 30.3 Å². The Morgan fingerprint density at radius 2 is 2.00 bits per heavy atom. The molecule has 1 heterocycles. The van der Waals surface area contributed by atoms with Crippen LogP contribution in [0.2, 0.25) is 0 Å².